The number of fused-ring (bicyclic) bond motifs is 1. The third-order valence-corrected chi connectivity index (χ3v) is 5.27. The summed E-state index contributed by atoms with van der Waals surface area (Å²) >= 11 is -3.41. The Morgan fingerprint density at radius 3 is 2.50 bits per heavy atom. The molecule has 1 aromatic carbocycles. The molecule has 1 saturated heterocycles. The Morgan fingerprint density at radius 2 is 1.88 bits per heavy atom. The smallest absolute Gasteiger partial charge is 0.394 e. The highest BCUT2D eigenvalue weighted by molar-refractivity contribution is 7.81. The Balaban J connectivity index is 1.93. The Labute approximate surface area is 139 Å². The summed E-state index contributed by atoms with van der Waals surface area (Å²) < 4.78 is 54.0. The van der Waals surface area contributed by atoms with Crippen LogP contribution in [0.4, 0.5) is 13.2 Å². The summed E-state index contributed by atoms with van der Waals surface area (Å²) in [6.45, 7) is 1.08. The van der Waals surface area contributed by atoms with Crippen LogP contribution >= 0.6 is 0 Å². The second kappa shape index (κ2) is 6.23. The van der Waals surface area contributed by atoms with E-state index in [9.17, 15) is 22.2 Å². The minimum atomic E-state index is -4.93. The van der Waals surface area contributed by atoms with Gasteiger partial charge in [0.05, 0.1) is 0 Å². The van der Waals surface area contributed by atoms with Crippen LogP contribution in [0.5, 0.6) is 0 Å². The fourth-order valence-corrected chi connectivity index (χ4v) is 3.69. The lowest BCUT2D eigenvalue weighted by Gasteiger charge is -2.41. The Kier molecular flexibility index (Phi) is 4.42. The van der Waals surface area contributed by atoms with Crippen LogP contribution < -0.4 is 0 Å². The van der Waals surface area contributed by atoms with Gasteiger partial charge in [-0.15, -0.1) is 0 Å². The zero-order chi connectivity index (χ0) is 17.4. The molecule has 1 spiro atoms. The van der Waals surface area contributed by atoms with E-state index in [1.807, 2.05) is 12.1 Å². The molecule has 1 heterocycles. The molecule has 3 rings (SSSR count). The van der Waals surface area contributed by atoms with Crippen molar-refractivity contribution >= 4 is 23.2 Å². The SMILES string of the molecule is O=CN1CCC2(C=C(OS(=O)C(F)(F)F)c3ccccc3C2)CC1. The molecule has 0 N–H and O–H groups in total. The highest BCUT2D eigenvalue weighted by Gasteiger charge is 2.43. The van der Waals surface area contributed by atoms with E-state index in [4.69, 9.17) is 4.18 Å². The van der Waals surface area contributed by atoms with Crippen molar-refractivity contribution < 1.29 is 26.4 Å². The lowest BCUT2D eigenvalue weighted by Crippen LogP contribution is -2.41. The van der Waals surface area contributed by atoms with Crippen molar-refractivity contribution in [3.8, 4) is 0 Å². The first-order valence-corrected chi connectivity index (χ1v) is 8.58. The second-order valence-corrected chi connectivity index (χ2v) is 7.21. The maximum atomic E-state index is 12.6. The monoisotopic (exact) mass is 359 g/mol. The molecular formula is C16H16F3NO3S. The molecular weight excluding hydrogens is 343 g/mol. The zero-order valence-corrected chi connectivity index (χ0v) is 13.5. The first kappa shape index (κ1) is 17.0. The van der Waals surface area contributed by atoms with Gasteiger partial charge in [0.2, 0.25) is 6.41 Å². The summed E-state index contributed by atoms with van der Waals surface area (Å²) in [4.78, 5) is 12.5. The van der Waals surface area contributed by atoms with E-state index >= 15 is 0 Å². The van der Waals surface area contributed by atoms with Gasteiger partial charge in [0, 0.05) is 18.7 Å². The van der Waals surface area contributed by atoms with Crippen molar-refractivity contribution in [2.45, 2.75) is 24.8 Å². The molecule has 0 bridgehead atoms. The number of likely N-dealkylation sites (tertiary alicyclic amines) is 1. The molecule has 0 radical (unpaired) electrons. The van der Waals surface area contributed by atoms with Crippen LogP contribution in [-0.4, -0.2) is 34.1 Å². The maximum Gasteiger partial charge on any atom is 0.508 e. The van der Waals surface area contributed by atoms with Crippen molar-refractivity contribution in [3.63, 3.8) is 0 Å². The van der Waals surface area contributed by atoms with Gasteiger partial charge in [-0.1, -0.05) is 24.3 Å². The average molecular weight is 359 g/mol. The number of hydrogen-bond donors (Lipinski definition) is 0. The van der Waals surface area contributed by atoms with E-state index in [1.165, 1.54) is 0 Å². The van der Waals surface area contributed by atoms with E-state index in [-0.39, 0.29) is 11.2 Å². The summed E-state index contributed by atoms with van der Waals surface area (Å²) in [6, 6.07) is 7.04. The Bertz CT molecular complexity index is 694. The Morgan fingerprint density at radius 1 is 1.21 bits per heavy atom. The standard InChI is InChI=1S/C16H16F3NO3S/c17-16(18,19)24(22)23-14-10-15(5-7-20(11-21)8-6-15)9-12-3-1-2-4-13(12)14/h1-4,10-11H,5-9H2. The van der Waals surface area contributed by atoms with Crippen molar-refractivity contribution in [1.29, 1.82) is 0 Å². The van der Waals surface area contributed by atoms with E-state index in [2.05, 4.69) is 0 Å². The average Bonchev–Trinajstić information content (AvgIpc) is 2.54. The second-order valence-electron chi connectivity index (χ2n) is 6.11. The number of halogens is 3. The van der Waals surface area contributed by atoms with Gasteiger partial charge in [0.15, 0.2) is 0 Å². The van der Waals surface area contributed by atoms with Gasteiger partial charge in [-0.25, -0.2) is 4.21 Å². The largest absolute Gasteiger partial charge is 0.508 e. The fourth-order valence-electron chi connectivity index (χ4n) is 3.29. The number of amides is 1. The molecule has 130 valence electrons. The fraction of sp³-hybridized carbons (Fsp3) is 0.438. The topological polar surface area (TPSA) is 46.6 Å². The summed E-state index contributed by atoms with van der Waals surface area (Å²) in [6.07, 6.45) is 4.38. The quantitative estimate of drug-likeness (QED) is 0.780. The highest BCUT2D eigenvalue weighted by atomic mass is 32.2. The molecule has 0 aromatic heterocycles. The number of carbonyl (C=O) groups excluding carboxylic acids is 1. The minimum Gasteiger partial charge on any atom is -0.394 e. The van der Waals surface area contributed by atoms with Gasteiger partial charge >= 0.3 is 16.6 Å². The maximum absolute atomic E-state index is 12.6. The van der Waals surface area contributed by atoms with Crippen molar-refractivity contribution in [2.24, 2.45) is 5.41 Å². The Hall–Kier alpha value is -1.83. The normalized spacial score (nSPS) is 21.0. The third-order valence-electron chi connectivity index (χ3n) is 4.56. The van der Waals surface area contributed by atoms with Crippen molar-refractivity contribution in [3.05, 3.63) is 41.5 Å². The lowest BCUT2D eigenvalue weighted by molar-refractivity contribution is -0.119. The van der Waals surface area contributed by atoms with Crippen LogP contribution in [0.1, 0.15) is 24.0 Å². The minimum absolute atomic E-state index is 0.00654. The molecule has 1 aliphatic carbocycles. The van der Waals surface area contributed by atoms with E-state index in [0.717, 1.165) is 12.0 Å². The number of benzene rings is 1. The molecule has 24 heavy (non-hydrogen) atoms. The van der Waals surface area contributed by atoms with Gasteiger partial charge in [-0.05, 0) is 36.3 Å². The molecule has 1 fully saturated rings. The summed E-state index contributed by atoms with van der Waals surface area (Å²) in [5.41, 5.74) is -3.90. The number of allylic oxidation sites excluding steroid dienone is 1. The molecule has 8 heteroatoms. The first-order chi connectivity index (χ1) is 11.3. The number of nitrogens with zero attached hydrogens (tertiary/aromatic N) is 1. The molecule has 2 aliphatic rings. The number of hydrogen-bond acceptors (Lipinski definition) is 3. The molecule has 0 saturated carbocycles. The number of alkyl halides is 3. The number of rotatable bonds is 3. The predicted octanol–water partition coefficient (Wildman–Crippen LogP) is 3.02. The zero-order valence-electron chi connectivity index (χ0n) is 12.7. The summed E-state index contributed by atoms with van der Waals surface area (Å²) in [5, 5.41) is 0. The molecule has 1 amide bonds. The van der Waals surface area contributed by atoms with Gasteiger partial charge < -0.3 is 9.08 Å². The van der Waals surface area contributed by atoms with Gasteiger partial charge in [0.1, 0.15) is 5.76 Å². The van der Waals surface area contributed by atoms with Gasteiger partial charge in [0.25, 0.3) is 0 Å². The third kappa shape index (κ3) is 3.33. The summed E-state index contributed by atoms with van der Waals surface area (Å²) in [7, 11) is 0. The van der Waals surface area contributed by atoms with E-state index in [1.54, 1.807) is 23.1 Å². The van der Waals surface area contributed by atoms with Crippen LogP contribution in [0.2, 0.25) is 0 Å². The van der Waals surface area contributed by atoms with Crippen LogP contribution in [0.3, 0.4) is 0 Å². The molecule has 1 aromatic rings. The van der Waals surface area contributed by atoms with Gasteiger partial charge in [-0.3, -0.25) is 4.79 Å². The van der Waals surface area contributed by atoms with E-state index < -0.39 is 16.6 Å². The van der Waals surface area contributed by atoms with Crippen LogP contribution in [0.15, 0.2) is 30.3 Å². The lowest BCUT2D eigenvalue weighted by atomic mass is 9.70. The number of piperidine rings is 1. The first-order valence-electron chi connectivity index (χ1n) is 7.50. The van der Waals surface area contributed by atoms with Gasteiger partial charge in [-0.2, -0.15) is 13.2 Å². The molecule has 1 aliphatic heterocycles. The van der Waals surface area contributed by atoms with Crippen LogP contribution in [0, 0.1) is 5.41 Å². The highest BCUT2D eigenvalue weighted by Crippen LogP contribution is 2.44. The van der Waals surface area contributed by atoms with E-state index in [0.29, 0.717) is 37.9 Å². The predicted molar refractivity (Wildman–Crippen MR) is 82.7 cm³/mol. The molecule has 4 nitrogen and oxygen atoms in total. The number of carbonyl (C=O) groups is 1. The van der Waals surface area contributed by atoms with Crippen molar-refractivity contribution in [2.75, 3.05) is 13.1 Å². The molecule has 1 unspecified atom stereocenters. The van der Waals surface area contributed by atoms with Crippen molar-refractivity contribution in [1.82, 2.24) is 4.90 Å². The summed E-state index contributed by atoms with van der Waals surface area (Å²) in [5.74, 6) is 0.00654. The van der Waals surface area contributed by atoms with Crippen LogP contribution in [-0.2, 0) is 26.5 Å². The van der Waals surface area contributed by atoms with Crippen LogP contribution in [0.25, 0.3) is 5.76 Å². The molecule has 1 atom stereocenters.